The maximum atomic E-state index is 13.3. The predicted molar refractivity (Wildman–Crippen MR) is 91.5 cm³/mol. The highest BCUT2D eigenvalue weighted by atomic mass is 19.1. The van der Waals surface area contributed by atoms with Gasteiger partial charge in [-0.3, -0.25) is 9.78 Å². The van der Waals surface area contributed by atoms with E-state index in [1.807, 2.05) is 6.92 Å². The van der Waals surface area contributed by atoms with Crippen molar-refractivity contribution >= 4 is 5.91 Å². The molecule has 24 heavy (non-hydrogen) atoms. The van der Waals surface area contributed by atoms with Gasteiger partial charge in [-0.1, -0.05) is 19.9 Å². The number of pyridine rings is 1. The van der Waals surface area contributed by atoms with Crippen molar-refractivity contribution in [3.8, 4) is 5.75 Å². The summed E-state index contributed by atoms with van der Waals surface area (Å²) < 4.78 is 18.9. The highest BCUT2D eigenvalue weighted by Crippen LogP contribution is 2.17. The van der Waals surface area contributed by atoms with Gasteiger partial charge < -0.3 is 10.1 Å². The minimum absolute atomic E-state index is 0.177. The molecular formula is C19H23FN2O2. The Bertz CT molecular complexity index is 664. The van der Waals surface area contributed by atoms with Gasteiger partial charge in [0.1, 0.15) is 23.9 Å². The molecule has 0 saturated carbocycles. The maximum Gasteiger partial charge on any atom is 0.269 e. The van der Waals surface area contributed by atoms with Gasteiger partial charge >= 0.3 is 0 Å². The van der Waals surface area contributed by atoms with Crippen LogP contribution in [-0.4, -0.2) is 17.4 Å². The van der Waals surface area contributed by atoms with Gasteiger partial charge in [0, 0.05) is 24.4 Å². The van der Waals surface area contributed by atoms with Crippen LogP contribution in [0.5, 0.6) is 5.75 Å². The number of ether oxygens (including phenoxy) is 1. The van der Waals surface area contributed by atoms with E-state index in [0.717, 1.165) is 17.5 Å². The fourth-order valence-electron chi connectivity index (χ4n) is 2.16. The minimum Gasteiger partial charge on any atom is -0.489 e. The molecule has 4 nitrogen and oxygen atoms in total. The molecule has 0 spiro atoms. The number of aryl methyl sites for hydroxylation is 1. The molecule has 1 aromatic heterocycles. The number of halogens is 1. The van der Waals surface area contributed by atoms with E-state index < -0.39 is 0 Å². The lowest BCUT2D eigenvalue weighted by atomic mass is 10.1. The number of benzene rings is 1. The van der Waals surface area contributed by atoms with Gasteiger partial charge in [0.25, 0.3) is 5.91 Å². The van der Waals surface area contributed by atoms with Crippen LogP contribution in [0.4, 0.5) is 4.39 Å². The second-order valence-electron chi connectivity index (χ2n) is 6.24. The average molecular weight is 330 g/mol. The van der Waals surface area contributed by atoms with E-state index in [1.165, 1.54) is 12.1 Å². The third-order valence-electron chi connectivity index (χ3n) is 3.49. The largest absolute Gasteiger partial charge is 0.489 e. The summed E-state index contributed by atoms with van der Waals surface area (Å²) in [7, 11) is 0. The van der Waals surface area contributed by atoms with Crippen LogP contribution in [-0.2, 0) is 6.61 Å². The summed E-state index contributed by atoms with van der Waals surface area (Å²) in [6.45, 7) is 6.94. The van der Waals surface area contributed by atoms with Gasteiger partial charge in [0.2, 0.25) is 0 Å². The maximum absolute atomic E-state index is 13.3. The second kappa shape index (κ2) is 8.43. The molecule has 0 atom stereocenters. The summed E-state index contributed by atoms with van der Waals surface area (Å²) in [5.74, 6) is 0.521. The number of amides is 1. The number of nitrogens with zero attached hydrogens (tertiary/aromatic N) is 1. The molecule has 1 aromatic carbocycles. The predicted octanol–water partition coefficient (Wildman–Crippen LogP) is 3.88. The molecule has 0 aliphatic rings. The molecule has 1 amide bonds. The highest BCUT2D eigenvalue weighted by Gasteiger charge is 2.07. The molecule has 0 radical (unpaired) electrons. The molecule has 128 valence electrons. The van der Waals surface area contributed by atoms with Crippen molar-refractivity contribution < 1.29 is 13.9 Å². The van der Waals surface area contributed by atoms with E-state index in [9.17, 15) is 9.18 Å². The van der Waals surface area contributed by atoms with E-state index in [2.05, 4.69) is 24.1 Å². The molecule has 0 unspecified atom stereocenters. The van der Waals surface area contributed by atoms with E-state index >= 15 is 0 Å². The SMILES string of the molecule is Cc1cc(F)cc(OCc2ccc(C(=O)NCCC(C)C)nc2)c1. The molecular weight excluding hydrogens is 307 g/mol. The van der Waals surface area contributed by atoms with Crippen LogP contribution in [0.25, 0.3) is 0 Å². The molecule has 1 heterocycles. The molecule has 5 heteroatoms. The number of hydrogen-bond donors (Lipinski definition) is 1. The normalized spacial score (nSPS) is 10.7. The Morgan fingerprint density at radius 1 is 1.29 bits per heavy atom. The van der Waals surface area contributed by atoms with E-state index in [-0.39, 0.29) is 18.3 Å². The van der Waals surface area contributed by atoms with Crippen molar-refractivity contribution in [2.75, 3.05) is 6.54 Å². The van der Waals surface area contributed by atoms with E-state index in [1.54, 1.807) is 24.4 Å². The van der Waals surface area contributed by atoms with Crippen molar-refractivity contribution in [2.24, 2.45) is 5.92 Å². The Kier molecular flexibility index (Phi) is 6.29. The van der Waals surface area contributed by atoms with Gasteiger partial charge in [-0.25, -0.2) is 4.39 Å². The number of carbonyl (C=O) groups excluding carboxylic acids is 1. The topological polar surface area (TPSA) is 51.2 Å². The van der Waals surface area contributed by atoms with Crippen molar-refractivity contribution in [1.82, 2.24) is 10.3 Å². The van der Waals surface area contributed by atoms with Crippen LogP contribution < -0.4 is 10.1 Å². The average Bonchev–Trinajstić information content (AvgIpc) is 2.52. The van der Waals surface area contributed by atoms with Crippen LogP contribution in [0.15, 0.2) is 36.5 Å². The fraction of sp³-hybridized carbons (Fsp3) is 0.368. The summed E-state index contributed by atoms with van der Waals surface area (Å²) in [5.41, 5.74) is 2.00. The second-order valence-corrected chi connectivity index (χ2v) is 6.24. The molecule has 2 aromatic rings. The summed E-state index contributed by atoms with van der Waals surface area (Å²) in [5, 5.41) is 2.85. The van der Waals surface area contributed by atoms with Crippen LogP contribution >= 0.6 is 0 Å². The Labute approximate surface area is 142 Å². The molecule has 0 aliphatic heterocycles. The Balaban J connectivity index is 1.88. The molecule has 1 N–H and O–H groups in total. The summed E-state index contributed by atoms with van der Waals surface area (Å²) >= 11 is 0. The number of carbonyl (C=O) groups is 1. The third kappa shape index (κ3) is 5.65. The van der Waals surface area contributed by atoms with Crippen molar-refractivity contribution in [3.63, 3.8) is 0 Å². The van der Waals surface area contributed by atoms with Crippen molar-refractivity contribution in [1.29, 1.82) is 0 Å². The zero-order valence-electron chi connectivity index (χ0n) is 14.3. The van der Waals surface area contributed by atoms with Crippen LogP contribution in [0.2, 0.25) is 0 Å². The van der Waals surface area contributed by atoms with Gasteiger partial charge in [0.15, 0.2) is 0 Å². The Morgan fingerprint density at radius 3 is 2.71 bits per heavy atom. The monoisotopic (exact) mass is 330 g/mol. The van der Waals surface area contributed by atoms with E-state index in [4.69, 9.17) is 4.74 Å². The van der Waals surface area contributed by atoms with Gasteiger partial charge in [-0.2, -0.15) is 0 Å². The Morgan fingerprint density at radius 2 is 2.08 bits per heavy atom. The van der Waals surface area contributed by atoms with Crippen LogP contribution in [0, 0.1) is 18.7 Å². The quantitative estimate of drug-likeness (QED) is 0.838. The van der Waals surface area contributed by atoms with Gasteiger partial charge in [-0.05, 0) is 43.0 Å². The van der Waals surface area contributed by atoms with Crippen LogP contribution in [0.1, 0.15) is 41.9 Å². The smallest absolute Gasteiger partial charge is 0.269 e. The molecule has 0 fully saturated rings. The first kappa shape index (κ1) is 17.9. The summed E-state index contributed by atoms with van der Waals surface area (Å²) in [4.78, 5) is 16.1. The zero-order valence-corrected chi connectivity index (χ0v) is 14.3. The molecule has 0 aliphatic carbocycles. The fourth-order valence-corrected chi connectivity index (χ4v) is 2.16. The highest BCUT2D eigenvalue weighted by molar-refractivity contribution is 5.92. The Hall–Kier alpha value is -2.43. The minimum atomic E-state index is -0.323. The standard InChI is InChI=1S/C19H23FN2O2/c1-13(2)6-7-21-19(23)18-5-4-15(11-22-18)12-24-17-9-14(3)8-16(20)10-17/h4-5,8-11,13H,6-7,12H2,1-3H3,(H,21,23). The molecule has 0 saturated heterocycles. The lowest BCUT2D eigenvalue weighted by Gasteiger charge is -2.09. The zero-order chi connectivity index (χ0) is 17.5. The van der Waals surface area contributed by atoms with E-state index in [0.29, 0.717) is 23.9 Å². The number of rotatable bonds is 7. The lowest BCUT2D eigenvalue weighted by molar-refractivity contribution is 0.0947. The number of aromatic nitrogens is 1. The summed E-state index contributed by atoms with van der Waals surface area (Å²) in [6.07, 6.45) is 2.54. The third-order valence-corrected chi connectivity index (χ3v) is 3.49. The van der Waals surface area contributed by atoms with Gasteiger partial charge in [-0.15, -0.1) is 0 Å². The molecule has 2 rings (SSSR count). The first-order valence-electron chi connectivity index (χ1n) is 8.07. The lowest BCUT2D eigenvalue weighted by Crippen LogP contribution is -2.26. The van der Waals surface area contributed by atoms with Crippen molar-refractivity contribution in [2.45, 2.75) is 33.8 Å². The number of nitrogens with one attached hydrogen (secondary N) is 1. The number of hydrogen-bond acceptors (Lipinski definition) is 3. The first-order chi connectivity index (χ1) is 11.4. The van der Waals surface area contributed by atoms with Crippen molar-refractivity contribution in [3.05, 3.63) is 59.2 Å². The van der Waals surface area contributed by atoms with Gasteiger partial charge in [0.05, 0.1) is 0 Å². The first-order valence-corrected chi connectivity index (χ1v) is 8.07. The summed E-state index contributed by atoms with van der Waals surface area (Å²) in [6, 6.07) is 8.02. The molecule has 0 bridgehead atoms. The van der Waals surface area contributed by atoms with Crippen LogP contribution in [0.3, 0.4) is 0 Å².